The Morgan fingerprint density at radius 1 is 1.03 bits per heavy atom. The molecule has 182 valence electrons. The van der Waals surface area contributed by atoms with E-state index in [0.717, 1.165) is 30.3 Å². The minimum atomic E-state index is -0.265. The zero-order valence-corrected chi connectivity index (χ0v) is 22.0. The minimum Gasteiger partial charge on any atom is -0.400 e. The van der Waals surface area contributed by atoms with E-state index in [-0.39, 0.29) is 4.75 Å². The first-order valence-electron chi connectivity index (χ1n) is 11.5. The quantitative estimate of drug-likeness (QED) is 0.473. The second-order valence-electron chi connectivity index (χ2n) is 7.70. The van der Waals surface area contributed by atoms with Crippen LogP contribution in [0.3, 0.4) is 0 Å². The molecule has 1 aliphatic rings. The Labute approximate surface area is 214 Å². The third-order valence-corrected chi connectivity index (χ3v) is 7.14. The van der Waals surface area contributed by atoms with E-state index in [1.54, 1.807) is 0 Å². The second-order valence-corrected chi connectivity index (χ2v) is 8.72. The third kappa shape index (κ3) is 6.41. The number of imidazole rings is 1. The molecule has 4 rings (SSSR count). The number of fused-ring (bicyclic) bond motifs is 1. The molecule has 0 bridgehead atoms. The highest BCUT2D eigenvalue weighted by Crippen LogP contribution is 2.47. The normalized spacial score (nSPS) is 12.3. The summed E-state index contributed by atoms with van der Waals surface area (Å²) >= 11 is 1.81. The summed E-state index contributed by atoms with van der Waals surface area (Å²) in [5, 5.41) is 9.32. The highest BCUT2D eigenvalue weighted by molar-refractivity contribution is 8.00. The van der Waals surface area contributed by atoms with Crippen LogP contribution in [0.4, 0.5) is 0 Å². The molecule has 0 unspecified atom stereocenters. The van der Waals surface area contributed by atoms with Gasteiger partial charge in [-0.05, 0) is 42.4 Å². The van der Waals surface area contributed by atoms with Crippen molar-refractivity contribution in [3.8, 4) is 0 Å². The summed E-state index contributed by atoms with van der Waals surface area (Å²) in [7, 11) is 3.05. The molecule has 3 aromatic rings. The Bertz CT molecular complexity index is 1230. The molecule has 0 amide bonds. The number of thioether (sulfide) groups is 1. The molecule has 0 fully saturated rings. The topological polar surface area (TPSA) is 38.1 Å². The molecule has 0 atom stereocenters. The maximum atomic E-state index is 7.00. The van der Waals surface area contributed by atoms with Crippen LogP contribution in [0, 0.1) is 6.92 Å². The van der Waals surface area contributed by atoms with Crippen LogP contribution in [0.25, 0.3) is 12.2 Å². The van der Waals surface area contributed by atoms with Crippen LogP contribution in [-0.4, -0.2) is 28.0 Å². The molecule has 1 heterocycles. The maximum Gasteiger partial charge on any atom is 0.106 e. The van der Waals surface area contributed by atoms with E-state index in [0.29, 0.717) is 0 Å². The third-order valence-electron chi connectivity index (χ3n) is 5.82. The van der Waals surface area contributed by atoms with E-state index >= 15 is 0 Å². The van der Waals surface area contributed by atoms with Crippen molar-refractivity contribution in [2.24, 2.45) is 7.05 Å². The second kappa shape index (κ2) is 14.1. The van der Waals surface area contributed by atoms with E-state index in [1.807, 2.05) is 49.0 Å². The van der Waals surface area contributed by atoms with Gasteiger partial charge in [-0.2, -0.15) is 0 Å². The Morgan fingerprint density at radius 3 is 2.09 bits per heavy atom. The summed E-state index contributed by atoms with van der Waals surface area (Å²) in [4.78, 5) is 4.44. The Kier molecular flexibility index (Phi) is 11.3. The summed E-state index contributed by atoms with van der Waals surface area (Å²) in [6, 6.07) is 21.1. The summed E-state index contributed by atoms with van der Waals surface area (Å²) in [5.41, 5.74) is 3.64. The number of aliphatic hydroxyl groups excluding tert-OH is 1. The monoisotopic (exact) mass is 484 g/mol. The van der Waals surface area contributed by atoms with E-state index in [2.05, 4.69) is 109 Å². The number of allylic oxidation sites excluding steroid dienone is 5. The van der Waals surface area contributed by atoms with Gasteiger partial charge in [0.15, 0.2) is 0 Å². The molecule has 1 aromatic heterocycles. The van der Waals surface area contributed by atoms with Crippen molar-refractivity contribution in [1.82, 2.24) is 9.55 Å². The lowest BCUT2D eigenvalue weighted by Crippen LogP contribution is -2.28. The first-order chi connectivity index (χ1) is 17.1. The Balaban J connectivity index is 0.000000260. The molecule has 4 heteroatoms. The molecule has 0 saturated carbocycles. The highest BCUT2D eigenvalue weighted by Gasteiger charge is 2.35. The molecule has 0 aliphatic heterocycles. The summed E-state index contributed by atoms with van der Waals surface area (Å²) < 4.78 is 1.86. The van der Waals surface area contributed by atoms with Crippen LogP contribution in [-0.2, 0) is 11.8 Å². The largest absolute Gasteiger partial charge is 0.400 e. The van der Waals surface area contributed by atoms with Gasteiger partial charge in [-0.3, -0.25) is 0 Å². The average Bonchev–Trinajstić information content (AvgIpc) is 3.06. The fourth-order valence-corrected chi connectivity index (χ4v) is 5.22. The number of aliphatic hydroxyl groups is 1. The van der Waals surface area contributed by atoms with Crippen molar-refractivity contribution in [3.05, 3.63) is 137 Å². The van der Waals surface area contributed by atoms with Gasteiger partial charge in [0.25, 0.3) is 0 Å². The lowest BCUT2D eigenvalue weighted by Gasteiger charge is -2.35. The summed E-state index contributed by atoms with van der Waals surface area (Å²) in [6.07, 6.45) is 17.4. The van der Waals surface area contributed by atoms with Gasteiger partial charge in [0.1, 0.15) is 5.82 Å². The molecule has 1 N–H and O–H groups in total. The van der Waals surface area contributed by atoms with Crippen LogP contribution in [0.5, 0.6) is 0 Å². The number of hydrogen-bond acceptors (Lipinski definition) is 3. The molecule has 1 aliphatic carbocycles. The average molecular weight is 485 g/mol. The number of hydrogen-bond donors (Lipinski definition) is 1. The minimum absolute atomic E-state index is 0.265. The van der Waals surface area contributed by atoms with Crippen molar-refractivity contribution >= 4 is 23.9 Å². The van der Waals surface area contributed by atoms with Crippen molar-refractivity contribution in [2.45, 2.75) is 18.1 Å². The standard InChI is InChI=1S/C20H20S.C10H12N2.CH4O/c1-4-12-17(5-2)20(21-3,18-13-8-6-9-14-18)19-15-10-7-11-16-19;1-8-11-9-6-4-3-5-7-10(9)12(8)2;1-2/h4-16H,1-2H2,3H3;3-4,6-7H,5H2,1-2H3;2H,1H3/b17-12+;;. The van der Waals surface area contributed by atoms with Crippen LogP contribution in [0.2, 0.25) is 0 Å². The molecule has 35 heavy (non-hydrogen) atoms. The number of nitrogens with zero attached hydrogens (tertiary/aromatic N) is 2. The lowest BCUT2D eigenvalue weighted by atomic mass is 9.83. The summed E-state index contributed by atoms with van der Waals surface area (Å²) in [6.45, 7) is 9.89. The Morgan fingerprint density at radius 2 is 1.60 bits per heavy atom. The van der Waals surface area contributed by atoms with Gasteiger partial charge in [-0.25, -0.2) is 4.98 Å². The van der Waals surface area contributed by atoms with Gasteiger partial charge in [0, 0.05) is 14.2 Å². The molecule has 2 aromatic carbocycles. The molecular formula is C31H36N2OS. The Hall–Kier alpha value is -3.34. The first-order valence-corrected chi connectivity index (χ1v) is 12.7. The number of aromatic nitrogens is 2. The molecule has 0 saturated heterocycles. The van der Waals surface area contributed by atoms with Crippen molar-refractivity contribution in [3.63, 3.8) is 0 Å². The number of rotatable bonds is 6. The number of benzene rings is 2. The van der Waals surface area contributed by atoms with Gasteiger partial charge < -0.3 is 9.67 Å². The van der Waals surface area contributed by atoms with E-state index in [9.17, 15) is 0 Å². The van der Waals surface area contributed by atoms with Gasteiger partial charge in [0.2, 0.25) is 0 Å². The molecule has 3 nitrogen and oxygen atoms in total. The van der Waals surface area contributed by atoms with E-state index < -0.39 is 0 Å². The van der Waals surface area contributed by atoms with E-state index in [4.69, 9.17) is 5.11 Å². The van der Waals surface area contributed by atoms with Crippen LogP contribution in [0.1, 0.15) is 23.4 Å². The van der Waals surface area contributed by atoms with Crippen molar-refractivity contribution in [1.29, 1.82) is 0 Å². The first kappa shape index (κ1) is 27.9. The van der Waals surface area contributed by atoms with Gasteiger partial charge in [-0.15, -0.1) is 11.8 Å². The van der Waals surface area contributed by atoms with Crippen LogP contribution >= 0.6 is 11.8 Å². The van der Waals surface area contributed by atoms with Crippen LogP contribution in [0.15, 0.2) is 110 Å². The van der Waals surface area contributed by atoms with Crippen molar-refractivity contribution in [2.75, 3.05) is 13.4 Å². The fourth-order valence-electron chi connectivity index (χ4n) is 4.09. The smallest absolute Gasteiger partial charge is 0.106 e. The number of aryl methyl sites for hydroxylation is 1. The van der Waals surface area contributed by atoms with Gasteiger partial charge in [-0.1, -0.05) is 110 Å². The lowest BCUT2D eigenvalue weighted by molar-refractivity contribution is 0.399. The predicted octanol–water partition coefficient (Wildman–Crippen LogP) is 5.45. The zero-order chi connectivity index (χ0) is 25.7. The molecule has 0 spiro atoms. The molecular weight excluding hydrogens is 448 g/mol. The maximum absolute atomic E-state index is 7.00. The van der Waals surface area contributed by atoms with E-state index in [1.165, 1.54) is 16.5 Å². The summed E-state index contributed by atoms with van der Waals surface area (Å²) in [5.74, 6) is 1.07. The van der Waals surface area contributed by atoms with Gasteiger partial charge >= 0.3 is 0 Å². The molecule has 0 radical (unpaired) electrons. The fraction of sp³-hybridized carbons (Fsp3) is 0.194. The SMILES string of the molecule is C=C/C=C(\C=C)C(SC)(c1ccccc1)c1ccccc1.CO.Cc1nc2c(n1C)=CCC=CC=2. The zero-order valence-electron chi connectivity index (χ0n) is 21.2. The van der Waals surface area contributed by atoms with Gasteiger partial charge in [0.05, 0.1) is 15.4 Å². The predicted molar refractivity (Wildman–Crippen MR) is 154 cm³/mol. The van der Waals surface area contributed by atoms with Crippen LogP contribution < -0.4 is 10.7 Å². The van der Waals surface area contributed by atoms with Crippen molar-refractivity contribution < 1.29 is 5.11 Å². The highest BCUT2D eigenvalue weighted by atomic mass is 32.2.